The lowest BCUT2D eigenvalue weighted by Crippen LogP contribution is -2.24. The fourth-order valence-electron chi connectivity index (χ4n) is 3.00. The summed E-state index contributed by atoms with van der Waals surface area (Å²) in [6, 6.07) is 11.6. The number of benzene rings is 1. The summed E-state index contributed by atoms with van der Waals surface area (Å²) in [5.41, 5.74) is 1.96. The van der Waals surface area contributed by atoms with Crippen LogP contribution in [0.3, 0.4) is 0 Å². The number of likely N-dealkylation sites (tertiary alicyclic amines) is 1. The van der Waals surface area contributed by atoms with Crippen molar-refractivity contribution < 1.29 is 9.21 Å². The molecule has 0 radical (unpaired) electrons. The van der Waals surface area contributed by atoms with Gasteiger partial charge in [-0.15, -0.1) is 0 Å². The summed E-state index contributed by atoms with van der Waals surface area (Å²) >= 11 is 0. The third kappa shape index (κ3) is 4.70. The van der Waals surface area contributed by atoms with Gasteiger partial charge in [-0.3, -0.25) is 9.69 Å². The molecule has 1 N–H and O–H groups in total. The summed E-state index contributed by atoms with van der Waals surface area (Å²) in [7, 11) is 0. The molecular formula is C19H24N2O2. The first kappa shape index (κ1) is 15.8. The van der Waals surface area contributed by atoms with Crippen LogP contribution in [0.1, 0.15) is 47.4 Å². The lowest BCUT2D eigenvalue weighted by molar-refractivity contribution is 0.0948. The number of nitrogens with zero attached hydrogens (tertiary/aromatic N) is 1. The van der Waals surface area contributed by atoms with E-state index in [1.165, 1.54) is 44.3 Å². The maximum atomic E-state index is 12.1. The zero-order valence-corrected chi connectivity index (χ0v) is 13.5. The first-order chi connectivity index (χ1) is 11.3. The maximum absolute atomic E-state index is 12.1. The number of carbonyl (C=O) groups excluding carboxylic acids is 1. The Kier molecular flexibility index (Phi) is 5.48. The molecule has 0 aliphatic carbocycles. The van der Waals surface area contributed by atoms with Crippen molar-refractivity contribution in [3.8, 4) is 0 Å². The second kappa shape index (κ2) is 7.97. The monoisotopic (exact) mass is 312 g/mol. The molecule has 1 aliphatic rings. The largest absolute Gasteiger partial charge is 0.467 e. The van der Waals surface area contributed by atoms with E-state index in [0.29, 0.717) is 12.1 Å². The van der Waals surface area contributed by atoms with Gasteiger partial charge in [0.15, 0.2) is 0 Å². The molecule has 4 heteroatoms. The van der Waals surface area contributed by atoms with E-state index < -0.39 is 0 Å². The molecule has 1 amide bonds. The molecule has 0 bridgehead atoms. The molecule has 1 fully saturated rings. The fourth-order valence-corrected chi connectivity index (χ4v) is 3.00. The fraction of sp³-hybridized carbons (Fsp3) is 0.421. The summed E-state index contributed by atoms with van der Waals surface area (Å²) in [4.78, 5) is 14.6. The van der Waals surface area contributed by atoms with Crippen LogP contribution < -0.4 is 5.32 Å². The van der Waals surface area contributed by atoms with Gasteiger partial charge in [0.1, 0.15) is 5.76 Å². The molecule has 0 saturated carbocycles. The number of carbonyl (C=O) groups is 1. The Morgan fingerprint density at radius 2 is 1.78 bits per heavy atom. The molecule has 1 saturated heterocycles. The number of rotatable bonds is 5. The van der Waals surface area contributed by atoms with Crippen LogP contribution in [0, 0.1) is 0 Å². The highest BCUT2D eigenvalue weighted by atomic mass is 16.3. The van der Waals surface area contributed by atoms with E-state index in [0.717, 1.165) is 12.3 Å². The normalized spacial score (nSPS) is 16.0. The first-order valence-corrected chi connectivity index (χ1v) is 8.43. The van der Waals surface area contributed by atoms with Gasteiger partial charge in [-0.2, -0.15) is 0 Å². The highest BCUT2D eigenvalue weighted by Crippen LogP contribution is 2.14. The van der Waals surface area contributed by atoms with E-state index in [4.69, 9.17) is 4.42 Å². The Hall–Kier alpha value is -2.07. The Morgan fingerprint density at radius 1 is 1.04 bits per heavy atom. The standard InChI is InChI=1S/C19H24N2O2/c22-19(20-14-18-6-5-13-23-18)17-9-7-16(8-10-17)15-21-11-3-1-2-4-12-21/h5-10,13H,1-4,11-12,14-15H2,(H,20,22). The third-order valence-electron chi connectivity index (χ3n) is 4.32. The van der Waals surface area contributed by atoms with Gasteiger partial charge in [0.2, 0.25) is 0 Å². The molecular weight excluding hydrogens is 288 g/mol. The summed E-state index contributed by atoms with van der Waals surface area (Å²) in [5.74, 6) is 0.693. The molecule has 4 nitrogen and oxygen atoms in total. The number of hydrogen-bond acceptors (Lipinski definition) is 3. The third-order valence-corrected chi connectivity index (χ3v) is 4.32. The average Bonchev–Trinajstić information content (AvgIpc) is 2.97. The van der Waals surface area contributed by atoms with Gasteiger partial charge in [0.25, 0.3) is 5.91 Å². The number of furan rings is 1. The molecule has 122 valence electrons. The van der Waals surface area contributed by atoms with Crippen molar-refractivity contribution in [3.63, 3.8) is 0 Å². The van der Waals surface area contributed by atoms with Crippen molar-refractivity contribution in [2.45, 2.75) is 38.8 Å². The lowest BCUT2D eigenvalue weighted by atomic mass is 10.1. The van der Waals surface area contributed by atoms with E-state index in [1.54, 1.807) is 6.26 Å². The minimum atomic E-state index is -0.0669. The molecule has 1 aliphatic heterocycles. The smallest absolute Gasteiger partial charge is 0.251 e. The van der Waals surface area contributed by atoms with E-state index in [1.807, 2.05) is 24.3 Å². The molecule has 0 unspecified atom stereocenters. The van der Waals surface area contributed by atoms with Gasteiger partial charge in [-0.05, 0) is 55.8 Å². The zero-order chi connectivity index (χ0) is 15.9. The first-order valence-electron chi connectivity index (χ1n) is 8.43. The van der Waals surface area contributed by atoms with E-state index in [9.17, 15) is 4.79 Å². The van der Waals surface area contributed by atoms with Crippen molar-refractivity contribution in [1.82, 2.24) is 10.2 Å². The van der Waals surface area contributed by atoms with Crippen LogP contribution in [0.25, 0.3) is 0 Å². The SMILES string of the molecule is O=C(NCc1ccco1)c1ccc(CN2CCCCCC2)cc1. The molecule has 1 aromatic carbocycles. The summed E-state index contributed by atoms with van der Waals surface area (Å²) in [6.45, 7) is 3.77. The highest BCUT2D eigenvalue weighted by molar-refractivity contribution is 5.94. The zero-order valence-electron chi connectivity index (χ0n) is 13.5. The van der Waals surface area contributed by atoms with Crippen LogP contribution in [-0.4, -0.2) is 23.9 Å². The maximum Gasteiger partial charge on any atom is 0.251 e. The number of nitrogens with one attached hydrogen (secondary N) is 1. The van der Waals surface area contributed by atoms with Crippen molar-refractivity contribution >= 4 is 5.91 Å². The van der Waals surface area contributed by atoms with E-state index in [2.05, 4.69) is 22.3 Å². The highest BCUT2D eigenvalue weighted by Gasteiger charge is 2.10. The molecule has 2 aromatic rings. The Bertz CT molecular complexity index is 597. The summed E-state index contributed by atoms with van der Waals surface area (Å²) in [6.07, 6.45) is 6.91. The quantitative estimate of drug-likeness (QED) is 0.918. The van der Waals surface area contributed by atoms with Gasteiger partial charge >= 0.3 is 0 Å². The van der Waals surface area contributed by atoms with Crippen LogP contribution in [0.2, 0.25) is 0 Å². The molecule has 0 atom stereocenters. The van der Waals surface area contributed by atoms with Crippen LogP contribution in [-0.2, 0) is 13.1 Å². The lowest BCUT2D eigenvalue weighted by Gasteiger charge is -2.19. The Morgan fingerprint density at radius 3 is 2.43 bits per heavy atom. The van der Waals surface area contributed by atoms with Crippen molar-refractivity contribution in [2.75, 3.05) is 13.1 Å². The van der Waals surface area contributed by atoms with Gasteiger partial charge < -0.3 is 9.73 Å². The van der Waals surface area contributed by atoms with Crippen LogP contribution in [0.15, 0.2) is 47.1 Å². The van der Waals surface area contributed by atoms with Gasteiger partial charge in [0.05, 0.1) is 12.8 Å². The van der Waals surface area contributed by atoms with Gasteiger partial charge in [-0.25, -0.2) is 0 Å². The number of hydrogen-bond donors (Lipinski definition) is 1. The second-order valence-electron chi connectivity index (χ2n) is 6.15. The van der Waals surface area contributed by atoms with Crippen LogP contribution >= 0.6 is 0 Å². The van der Waals surface area contributed by atoms with Crippen LogP contribution in [0.5, 0.6) is 0 Å². The van der Waals surface area contributed by atoms with Gasteiger partial charge in [0, 0.05) is 12.1 Å². The van der Waals surface area contributed by atoms with E-state index >= 15 is 0 Å². The van der Waals surface area contributed by atoms with Crippen LogP contribution in [0.4, 0.5) is 0 Å². The summed E-state index contributed by atoms with van der Waals surface area (Å²) < 4.78 is 5.21. The topological polar surface area (TPSA) is 45.5 Å². The average molecular weight is 312 g/mol. The Labute approximate surface area is 137 Å². The Balaban J connectivity index is 1.52. The van der Waals surface area contributed by atoms with Crippen molar-refractivity contribution in [2.24, 2.45) is 0 Å². The predicted octanol–water partition coefficient (Wildman–Crippen LogP) is 3.59. The second-order valence-corrected chi connectivity index (χ2v) is 6.15. The van der Waals surface area contributed by atoms with Gasteiger partial charge in [-0.1, -0.05) is 25.0 Å². The number of amides is 1. The molecule has 0 spiro atoms. The van der Waals surface area contributed by atoms with Crippen molar-refractivity contribution in [3.05, 3.63) is 59.5 Å². The minimum absolute atomic E-state index is 0.0669. The molecule has 3 rings (SSSR count). The molecule has 23 heavy (non-hydrogen) atoms. The van der Waals surface area contributed by atoms with E-state index in [-0.39, 0.29) is 5.91 Å². The predicted molar refractivity (Wildman–Crippen MR) is 90.1 cm³/mol. The molecule has 1 aromatic heterocycles. The van der Waals surface area contributed by atoms with Crippen molar-refractivity contribution in [1.29, 1.82) is 0 Å². The molecule has 2 heterocycles. The summed E-state index contributed by atoms with van der Waals surface area (Å²) in [5, 5.41) is 2.87. The minimum Gasteiger partial charge on any atom is -0.467 e.